The number of carbonyl (C=O) groups is 1. The molecule has 0 N–H and O–H groups in total. The van der Waals surface area contributed by atoms with Gasteiger partial charge in [0, 0.05) is 26.2 Å². The van der Waals surface area contributed by atoms with Crippen LogP contribution in [0.2, 0.25) is 0 Å². The van der Waals surface area contributed by atoms with E-state index >= 15 is 0 Å². The number of amides is 1. The molecule has 1 amide bonds. The summed E-state index contributed by atoms with van der Waals surface area (Å²) in [6.07, 6.45) is 0. The zero-order valence-electron chi connectivity index (χ0n) is 14.7. The van der Waals surface area contributed by atoms with Crippen LogP contribution in [0.5, 0.6) is 5.75 Å². The maximum absolute atomic E-state index is 13.7. The maximum atomic E-state index is 13.7. The first-order chi connectivity index (χ1) is 12.0. The number of nitrogens with zero attached hydrogens (tertiary/aromatic N) is 2. The summed E-state index contributed by atoms with van der Waals surface area (Å²) >= 11 is 0. The molecule has 0 atom stereocenters. The number of benzene rings is 2. The maximum Gasteiger partial charge on any atom is 0.237 e. The van der Waals surface area contributed by atoms with Gasteiger partial charge in [0.25, 0.3) is 0 Å². The molecular weight excluding hydrogens is 319 g/mol. The van der Waals surface area contributed by atoms with E-state index in [2.05, 4.69) is 4.90 Å². The fourth-order valence-electron chi connectivity index (χ4n) is 3.00. The van der Waals surface area contributed by atoms with Crippen molar-refractivity contribution in [1.29, 1.82) is 0 Å². The molecule has 0 spiro atoms. The average molecular weight is 342 g/mol. The van der Waals surface area contributed by atoms with Gasteiger partial charge in [-0.1, -0.05) is 24.3 Å². The quantitative estimate of drug-likeness (QED) is 0.837. The first-order valence-electron chi connectivity index (χ1n) is 8.43. The van der Waals surface area contributed by atoms with Crippen LogP contribution < -0.4 is 4.74 Å². The van der Waals surface area contributed by atoms with E-state index in [1.165, 1.54) is 0 Å². The van der Waals surface area contributed by atoms with E-state index in [-0.39, 0.29) is 11.7 Å². The van der Waals surface area contributed by atoms with Crippen LogP contribution in [0.3, 0.4) is 0 Å². The number of hydrogen-bond acceptors (Lipinski definition) is 3. The Hall–Kier alpha value is -2.40. The Kier molecular flexibility index (Phi) is 5.34. The Morgan fingerprint density at radius 1 is 1.04 bits per heavy atom. The van der Waals surface area contributed by atoms with Crippen molar-refractivity contribution in [2.24, 2.45) is 0 Å². The lowest BCUT2D eigenvalue weighted by Gasteiger charge is -2.34. The van der Waals surface area contributed by atoms with Crippen LogP contribution in [0.25, 0.3) is 0 Å². The molecule has 3 rings (SSSR count). The third kappa shape index (κ3) is 4.37. The van der Waals surface area contributed by atoms with Crippen molar-refractivity contribution in [3.8, 4) is 5.75 Å². The van der Waals surface area contributed by atoms with E-state index in [0.717, 1.165) is 23.4 Å². The van der Waals surface area contributed by atoms with Gasteiger partial charge in [0.05, 0.1) is 13.7 Å². The second kappa shape index (κ2) is 7.66. The number of hydrogen-bond donors (Lipinski definition) is 0. The molecule has 1 heterocycles. The Balaban J connectivity index is 1.56. The molecular formula is C20H23FN2O2. The van der Waals surface area contributed by atoms with Crippen LogP contribution >= 0.6 is 0 Å². The summed E-state index contributed by atoms with van der Waals surface area (Å²) in [5.74, 6) is 0.724. The van der Waals surface area contributed by atoms with Crippen molar-refractivity contribution >= 4 is 5.91 Å². The van der Waals surface area contributed by atoms with Crippen LogP contribution in [0.4, 0.5) is 4.39 Å². The van der Waals surface area contributed by atoms with E-state index in [1.807, 2.05) is 35.2 Å². The van der Waals surface area contributed by atoms with Crippen molar-refractivity contribution < 1.29 is 13.9 Å². The summed E-state index contributed by atoms with van der Waals surface area (Å²) in [6, 6.07) is 13.0. The van der Waals surface area contributed by atoms with Gasteiger partial charge in [-0.05, 0) is 41.8 Å². The summed E-state index contributed by atoms with van der Waals surface area (Å²) in [4.78, 5) is 16.4. The predicted octanol–water partition coefficient (Wildman–Crippen LogP) is 2.99. The molecule has 132 valence electrons. The lowest BCUT2D eigenvalue weighted by atomic mass is 10.1. The SMILES string of the molecule is COc1ccc(CN2CCN(Cc3ccc(C)c(F)c3)CC2=O)cc1. The van der Waals surface area contributed by atoms with Crippen LogP contribution in [-0.2, 0) is 17.9 Å². The van der Waals surface area contributed by atoms with Gasteiger partial charge in [-0.15, -0.1) is 0 Å². The van der Waals surface area contributed by atoms with Gasteiger partial charge >= 0.3 is 0 Å². The molecule has 0 unspecified atom stereocenters. The molecule has 0 aliphatic carbocycles. The van der Waals surface area contributed by atoms with Crippen molar-refractivity contribution in [1.82, 2.24) is 9.80 Å². The Bertz CT molecular complexity index is 746. The van der Waals surface area contributed by atoms with Crippen molar-refractivity contribution in [3.63, 3.8) is 0 Å². The molecule has 0 bridgehead atoms. The number of ether oxygens (including phenoxy) is 1. The highest BCUT2D eigenvalue weighted by Crippen LogP contribution is 2.16. The van der Waals surface area contributed by atoms with Gasteiger partial charge in [-0.2, -0.15) is 0 Å². The van der Waals surface area contributed by atoms with Crippen LogP contribution in [0.15, 0.2) is 42.5 Å². The van der Waals surface area contributed by atoms with Gasteiger partial charge in [0.1, 0.15) is 11.6 Å². The lowest BCUT2D eigenvalue weighted by Crippen LogP contribution is -2.49. The fourth-order valence-corrected chi connectivity index (χ4v) is 3.00. The molecule has 0 aromatic heterocycles. The van der Waals surface area contributed by atoms with E-state index in [1.54, 1.807) is 26.2 Å². The number of piperazine rings is 1. The van der Waals surface area contributed by atoms with Gasteiger partial charge in [0.2, 0.25) is 5.91 Å². The highest BCUT2D eigenvalue weighted by Gasteiger charge is 2.24. The van der Waals surface area contributed by atoms with Crippen molar-refractivity contribution in [2.75, 3.05) is 26.7 Å². The second-order valence-corrected chi connectivity index (χ2v) is 6.46. The van der Waals surface area contributed by atoms with Gasteiger partial charge in [0.15, 0.2) is 0 Å². The largest absolute Gasteiger partial charge is 0.497 e. The van der Waals surface area contributed by atoms with Crippen LogP contribution in [0, 0.1) is 12.7 Å². The third-order valence-electron chi connectivity index (χ3n) is 4.57. The minimum Gasteiger partial charge on any atom is -0.497 e. The molecule has 1 aliphatic rings. The number of rotatable bonds is 5. The van der Waals surface area contributed by atoms with E-state index in [9.17, 15) is 9.18 Å². The first-order valence-corrected chi connectivity index (χ1v) is 8.43. The summed E-state index contributed by atoms with van der Waals surface area (Å²) in [5, 5.41) is 0. The standard InChI is InChI=1S/C20H23FN2O2/c1-15-3-4-17(11-19(15)21)12-22-9-10-23(20(24)14-22)13-16-5-7-18(25-2)8-6-16/h3-8,11H,9-10,12-14H2,1-2H3. The average Bonchev–Trinajstić information content (AvgIpc) is 2.61. The third-order valence-corrected chi connectivity index (χ3v) is 4.57. The van der Waals surface area contributed by atoms with E-state index < -0.39 is 0 Å². The van der Waals surface area contributed by atoms with Gasteiger partial charge in [-0.3, -0.25) is 9.69 Å². The molecule has 2 aromatic carbocycles. The van der Waals surface area contributed by atoms with Crippen LogP contribution in [-0.4, -0.2) is 42.5 Å². The summed E-state index contributed by atoms with van der Waals surface area (Å²) in [7, 11) is 1.64. The molecule has 0 saturated carbocycles. The zero-order chi connectivity index (χ0) is 17.8. The molecule has 1 aliphatic heterocycles. The number of carbonyl (C=O) groups excluding carboxylic acids is 1. The molecule has 1 fully saturated rings. The van der Waals surface area contributed by atoms with Gasteiger partial charge < -0.3 is 9.64 Å². The van der Waals surface area contributed by atoms with E-state index in [4.69, 9.17) is 4.74 Å². The predicted molar refractivity (Wildman–Crippen MR) is 94.8 cm³/mol. The zero-order valence-corrected chi connectivity index (χ0v) is 14.7. The smallest absolute Gasteiger partial charge is 0.237 e. The Morgan fingerprint density at radius 3 is 2.40 bits per heavy atom. The van der Waals surface area contributed by atoms with Gasteiger partial charge in [-0.25, -0.2) is 4.39 Å². The summed E-state index contributed by atoms with van der Waals surface area (Å²) in [5.41, 5.74) is 2.63. The minimum absolute atomic E-state index is 0.106. The number of methoxy groups -OCH3 is 1. The topological polar surface area (TPSA) is 32.8 Å². The highest BCUT2D eigenvalue weighted by atomic mass is 19.1. The Labute approximate surface area is 147 Å². The number of aryl methyl sites for hydroxylation is 1. The Morgan fingerprint density at radius 2 is 1.76 bits per heavy atom. The second-order valence-electron chi connectivity index (χ2n) is 6.46. The number of halogens is 1. The normalized spacial score (nSPS) is 15.5. The summed E-state index contributed by atoms with van der Waals surface area (Å²) in [6.45, 7) is 4.79. The van der Waals surface area contributed by atoms with Crippen molar-refractivity contribution in [3.05, 3.63) is 65.0 Å². The van der Waals surface area contributed by atoms with Crippen LogP contribution in [0.1, 0.15) is 16.7 Å². The molecule has 2 aromatic rings. The first kappa shape index (κ1) is 17.4. The molecule has 25 heavy (non-hydrogen) atoms. The van der Waals surface area contributed by atoms with E-state index in [0.29, 0.717) is 31.7 Å². The molecule has 5 heteroatoms. The highest BCUT2D eigenvalue weighted by molar-refractivity contribution is 5.79. The summed E-state index contributed by atoms with van der Waals surface area (Å²) < 4.78 is 18.8. The molecule has 4 nitrogen and oxygen atoms in total. The van der Waals surface area contributed by atoms with Crippen molar-refractivity contribution in [2.45, 2.75) is 20.0 Å². The molecule has 1 saturated heterocycles. The lowest BCUT2D eigenvalue weighted by molar-refractivity contribution is -0.136. The fraction of sp³-hybridized carbons (Fsp3) is 0.350. The monoisotopic (exact) mass is 342 g/mol. The molecule has 0 radical (unpaired) electrons. The minimum atomic E-state index is -0.193.